The summed E-state index contributed by atoms with van der Waals surface area (Å²) in [7, 11) is 0. The third-order valence-electron chi connectivity index (χ3n) is 1.88. The predicted octanol–water partition coefficient (Wildman–Crippen LogP) is 2.32. The molecule has 0 fully saturated rings. The highest BCUT2D eigenvalue weighted by Crippen LogP contribution is 2.12. The molecule has 2 rings (SSSR count). The van der Waals surface area contributed by atoms with Crippen LogP contribution in [0.1, 0.15) is 10.7 Å². The van der Waals surface area contributed by atoms with E-state index in [4.69, 9.17) is 11.6 Å². The lowest BCUT2D eigenvalue weighted by atomic mass is 10.4. The third-order valence-corrected chi connectivity index (χ3v) is 3.11. The lowest BCUT2D eigenvalue weighted by Gasteiger charge is -1.97. The molecule has 0 N–H and O–H groups in total. The van der Waals surface area contributed by atoms with Crippen LogP contribution < -0.4 is 0 Å². The molecule has 0 aliphatic rings. The van der Waals surface area contributed by atoms with Crippen LogP contribution in [0.15, 0.2) is 24.1 Å². The number of aryl methyl sites for hydroxylation is 2. The van der Waals surface area contributed by atoms with Crippen LogP contribution in [-0.4, -0.2) is 14.5 Å². The van der Waals surface area contributed by atoms with E-state index in [1.807, 2.05) is 22.5 Å². The van der Waals surface area contributed by atoms with Crippen molar-refractivity contribution < 1.29 is 0 Å². The maximum atomic E-state index is 5.67. The first-order chi connectivity index (χ1) is 6.88. The van der Waals surface area contributed by atoms with E-state index in [0.29, 0.717) is 5.88 Å². The Hall–Kier alpha value is -0.870. The minimum absolute atomic E-state index is 0.502. The average molecular weight is 228 g/mol. The Bertz CT molecular complexity index is 382. The molecule has 2 aromatic heterocycles. The minimum atomic E-state index is 0.502. The Labute approximate surface area is 91.4 Å². The molecule has 0 bridgehead atoms. The van der Waals surface area contributed by atoms with Gasteiger partial charge in [-0.05, 0) is 0 Å². The van der Waals surface area contributed by atoms with E-state index < -0.39 is 0 Å². The van der Waals surface area contributed by atoms with Gasteiger partial charge in [0.05, 0.1) is 22.9 Å². The van der Waals surface area contributed by atoms with Gasteiger partial charge in [-0.15, -0.1) is 22.9 Å². The Morgan fingerprint density at radius 1 is 1.50 bits per heavy atom. The van der Waals surface area contributed by atoms with Crippen LogP contribution in [0.2, 0.25) is 0 Å². The van der Waals surface area contributed by atoms with Crippen molar-refractivity contribution >= 4 is 22.9 Å². The molecule has 74 valence electrons. The van der Waals surface area contributed by atoms with Gasteiger partial charge in [-0.25, -0.2) is 9.97 Å². The normalized spacial score (nSPS) is 10.6. The number of hydrogen-bond acceptors (Lipinski definition) is 3. The van der Waals surface area contributed by atoms with E-state index in [2.05, 4.69) is 9.97 Å². The summed E-state index contributed by atoms with van der Waals surface area (Å²) in [5.41, 5.74) is 0.970. The van der Waals surface area contributed by atoms with Gasteiger partial charge in [0.15, 0.2) is 0 Å². The van der Waals surface area contributed by atoms with Gasteiger partial charge >= 0.3 is 0 Å². The molecule has 0 saturated carbocycles. The van der Waals surface area contributed by atoms with Crippen LogP contribution in [0.4, 0.5) is 0 Å². The van der Waals surface area contributed by atoms with Crippen LogP contribution in [0.25, 0.3) is 0 Å². The first-order valence-corrected chi connectivity index (χ1v) is 5.75. The maximum absolute atomic E-state index is 5.67. The van der Waals surface area contributed by atoms with Gasteiger partial charge in [-0.3, -0.25) is 0 Å². The standard InChI is InChI=1S/C9H10ClN3S/c10-5-8-6-14-9(12-8)1-3-13-4-2-11-7-13/h2,4,6-7H,1,3,5H2. The van der Waals surface area contributed by atoms with Gasteiger partial charge in [0, 0.05) is 30.7 Å². The summed E-state index contributed by atoms with van der Waals surface area (Å²) in [5, 5.41) is 3.14. The lowest BCUT2D eigenvalue weighted by Crippen LogP contribution is -1.98. The third kappa shape index (κ3) is 2.33. The van der Waals surface area contributed by atoms with Crippen LogP contribution in [0, 0.1) is 0 Å². The predicted molar refractivity (Wildman–Crippen MR) is 57.6 cm³/mol. The van der Waals surface area contributed by atoms with Crippen molar-refractivity contribution in [2.24, 2.45) is 0 Å². The molecule has 2 heterocycles. The van der Waals surface area contributed by atoms with Gasteiger partial charge in [-0.2, -0.15) is 0 Å². The highest BCUT2D eigenvalue weighted by molar-refractivity contribution is 7.09. The molecule has 3 nitrogen and oxygen atoms in total. The molecule has 0 saturated heterocycles. The fourth-order valence-electron chi connectivity index (χ4n) is 1.17. The summed E-state index contributed by atoms with van der Waals surface area (Å²) in [5.74, 6) is 0.502. The zero-order chi connectivity index (χ0) is 9.80. The molecular weight excluding hydrogens is 218 g/mol. The summed E-state index contributed by atoms with van der Waals surface area (Å²) >= 11 is 7.34. The van der Waals surface area contributed by atoms with E-state index in [0.717, 1.165) is 23.7 Å². The Kier molecular flexibility index (Phi) is 3.16. The van der Waals surface area contributed by atoms with Gasteiger partial charge < -0.3 is 4.57 Å². The van der Waals surface area contributed by atoms with Crippen LogP contribution >= 0.6 is 22.9 Å². The second-order valence-electron chi connectivity index (χ2n) is 2.92. The SMILES string of the molecule is ClCc1csc(CCn2ccnc2)n1. The highest BCUT2D eigenvalue weighted by Gasteiger charge is 2.00. The molecule has 0 atom stereocenters. The fraction of sp³-hybridized carbons (Fsp3) is 0.333. The van der Waals surface area contributed by atoms with E-state index >= 15 is 0 Å². The molecule has 0 aliphatic heterocycles. The summed E-state index contributed by atoms with van der Waals surface area (Å²) in [4.78, 5) is 8.36. The summed E-state index contributed by atoms with van der Waals surface area (Å²) in [6.45, 7) is 0.926. The molecule has 2 aromatic rings. The fourth-order valence-corrected chi connectivity index (χ4v) is 2.18. The summed E-state index contributed by atoms with van der Waals surface area (Å²) in [6.07, 6.45) is 6.50. The topological polar surface area (TPSA) is 30.7 Å². The monoisotopic (exact) mass is 227 g/mol. The average Bonchev–Trinajstić information content (AvgIpc) is 2.86. The van der Waals surface area contributed by atoms with Crippen molar-refractivity contribution in [2.75, 3.05) is 0 Å². The van der Waals surface area contributed by atoms with Crippen molar-refractivity contribution in [3.8, 4) is 0 Å². The second kappa shape index (κ2) is 4.57. The molecule has 14 heavy (non-hydrogen) atoms. The van der Waals surface area contributed by atoms with Crippen LogP contribution in [0.5, 0.6) is 0 Å². The van der Waals surface area contributed by atoms with Gasteiger partial charge in [0.25, 0.3) is 0 Å². The van der Waals surface area contributed by atoms with Crippen molar-refractivity contribution in [2.45, 2.75) is 18.8 Å². The van der Waals surface area contributed by atoms with E-state index in [9.17, 15) is 0 Å². The minimum Gasteiger partial charge on any atom is -0.337 e. The Balaban J connectivity index is 1.92. The number of imidazole rings is 1. The van der Waals surface area contributed by atoms with Crippen molar-refractivity contribution in [1.29, 1.82) is 0 Å². The van der Waals surface area contributed by atoms with Gasteiger partial charge in [0.2, 0.25) is 0 Å². The van der Waals surface area contributed by atoms with Crippen molar-refractivity contribution in [1.82, 2.24) is 14.5 Å². The number of hydrogen-bond donors (Lipinski definition) is 0. The molecule has 0 radical (unpaired) electrons. The Morgan fingerprint density at radius 2 is 2.43 bits per heavy atom. The lowest BCUT2D eigenvalue weighted by molar-refractivity contribution is 0.692. The van der Waals surface area contributed by atoms with Crippen LogP contribution in [0.3, 0.4) is 0 Å². The van der Waals surface area contributed by atoms with Crippen molar-refractivity contribution in [3.63, 3.8) is 0 Å². The number of nitrogens with zero attached hydrogens (tertiary/aromatic N) is 3. The molecule has 0 aromatic carbocycles. The van der Waals surface area contributed by atoms with Crippen LogP contribution in [-0.2, 0) is 18.8 Å². The number of aromatic nitrogens is 3. The van der Waals surface area contributed by atoms with Gasteiger partial charge in [0.1, 0.15) is 0 Å². The number of halogens is 1. The quantitative estimate of drug-likeness (QED) is 0.751. The summed E-state index contributed by atoms with van der Waals surface area (Å²) in [6, 6.07) is 0. The molecule has 0 spiro atoms. The zero-order valence-electron chi connectivity index (χ0n) is 7.56. The molecular formula is C9H10ClN3S. The smallest absolute Gasteiger partial charge is 0.0946 e. The number of rotatable bonds is 4. The first kappa shape index (κ1) is 9.68. The maximum Gasteiger partial charge on any atom is 0.0946 e. The van der Waals surface area contributed by atoms with E-state index in [1.165, 1.54) is 0 Å². The summed E-state index contributed by atoms with van der Waals surface area (Å²) < 4.78 is 2.04. The first-order valence-electron chi connectivity index (χ1n) is 4.33. The number of thiazole rings is 1. The molecule has 0 unspecified atom stereocenters. The zero-order valence-corrected chi connectivity index (χ0v) is 9.13. The van der Waals surface area contributed by atoms with Crippen molar-refractivity contribution in [3.05, 3.63) is 34.8 Å². The Morgan fingerprint density at radius 3 is 3.07 bits per heavy atom. The van der Waals surface area contributed by atoms with Gasteiger partial charge in [-0.1, -0.05) is 0 Å². The largest absolute Gasteiger partial charge is 0.337 e. The molecule has 0 aliphatic carbocycles. The highest BCUT2D eigenvalue weighted by atomic mass is 35.5. The van der Waals surface area contributed by atoms with E-state index in [1.54, 1.807) is 17.5 Å². The molecule has 5 heteroatoms. The second-order valence-corrected chi connectivity index (χ2v) is 4.13. The number of alkyl halides is 1. The van der Waals surface area contributed by atoms with E-state index in [-0.39, 0.29) is 0 Å². The molecule has 0 amide bonds.